The molecule has 4 nitrogen and oxygen atoms in total. The van der Waals surface area contributed by atoms with Crippen molar-refractivity contribution in [1.29, 1.82) is 5.26 Å². The van der Waals surface area contributed by atoms with Gasteiger partial charge in [-0.25, -0.2) is 4.79 Å². The number of ether oxygens (including phenoxy) is 2. The first-order chi connectivity index (χ1) is 5.74. The Labute approximate surface area is 70.4 Å². The number of carbonyl (C=O) groups is 1. The molecule has 0 aliphatic carbocycles. The highest BCUT2D eigenvalue weighted by molar-refractivity contribution is 5.91. The quantitative estimate of drug-likeness (QED) is 0.346. The molecule has 1 rings (SSSR count). The summed E-state index contributed by atoms with van der Waals surface area (Å²) in [6.45, 7) is 3.83. The van der Waals surface area contributed by atoms with E-state index in [-0.39, 0.29) is 5.57 Å². The second-order valence-corrected chi connectivity index (χ2v) is 2.44. The topological polar surface area (TPSA) is 59.3 Å². The molecular formula is C8H9NO3. The minimum atomic E-state index is -0.690. The van der Waals surface area contributed by atoms with Crippen LogP contribution in [-0.2, 0) is 14.3 Å². The Bertz CT molecular complexity index is 235. The van der Waals surface area contributed by atoms with Crippen molar-refractivity contribution in [2.75, 3.05) is 6.61 Å². The molecule has 4 heteroatoms. The van der Waals surface area contributed by atoms with Gasteiger partial charge < -0.3 is 9.47 Å². The van der Waals surface area contributed by atoms with Crippen LogP contribution in [0.4, 0.5) is 0 Å². The van der Waals surface area contributed by atoms with Gasteiger partial charge in [0.1, 0.15) is 11.6 Å². The lowest BCUT2D eigenvalue weighted by Gasteiger charge is -2.09. The Balaban J connectivity index is 2.36. The Morgan fingerprint density at radius 2 is 2.50 bits per heavy atom. The SMILES string of the molecule is C=C(C#N)C(=O)OC1CCCO1. The molecule has 1 aliphatic heterocycles. The zero-order valence-corrected chi connectivity index (χ0v) is 6.58. The molecule has 12 heavy (non-hydrogen) atoms. The lowest BCUT2D eigenvalue weighted by Crippen LogP contribution is -2.17. The number of hydrogen-bond donors (Lipinski definition) is 0. The van der Waals surface area contributed by atoms with E-state index in [1.807, 2.05) is 0 Å². The van der Waals surface area contributed by atoms with E-state index >= 15 is 0 Å². The van der Waals surface area contributed by atoms with Crippen LogP contribution >= 0.6 is 0 Å². The molecule has 0 aromatic heterocycles. The van der Waals surface area contributed by atoms with Gasteiger partial charge in [-0.3, -0.25) is 0 Å². The van der Waals surface area contributed by atoms with Crippen LogP contribution in [0.5, 0.6) is 0 Å². The minimum Gasteiger partial charge on any atom is -0.432 e. The summed E-state index contributed by atoms with van der Waals surface area (Å²) in [7, 11) is 0. The molecule has 0 radical (unpaired) electrons. The number of carbonyl (C=O) groups excluding carboxylic acids is 1. The minimum absolute atomic E-state index is 0.189. The van der Waals surface area contributed by atoms with Crippen molar-refractivity contribution in [2.24, 2.45) is 0 Å². The van der Waals surface area contributed by atoms with Gasteiger partial charge in [-0.15, -0.1) is 0 Å². The molecule has 0 amide bonds. The summed E-state index contributed by atoms with van der Waals surface area (Å²) in [4.78, 5) is 10.9. The third kappa shape index (κ3) is 2.07. The average Bonchev–Trinajstić information content (AvgIpc) is 2.55. The van der Waals surface area contributed by atoms with E-state index in [1.165, 1.54) is 0 Å². The van der Waals surface area contributed by atoms with E-state index in [1.54, 1.807) is 6.07 Å². The number of esters is 1. The first-order valence-corrected chi connectivity index (χ1v) is 3.65. The Morgan fingerprint density at radius 3 is 3.00 bits per heavy atom. The van der Waals surface area contributed by atoms with Crippen molar-refractivity contribution in [3.63, 3.8) is 0 Å². The molecule has 0 bridgehead atoms. The van der Waals surface area contributed by atoms with Gasteiger partial charge in [0.05, 0.1) is 6.61 Å². The third-order valence-corrected chi connectivity index (χ3v) is 1.51. The molecule has 0 aromatic carbocycles. The summed E-state index contributed by atoms with van der Waals surface area (Å²) < 4.78 is 9.81. The fourth-order valence-electron chi connectivity index (χ4n) is 0.877. The molecule has 1 fully saturated rings. The molecule has 1 unspecified atom stereocenters. The Kier molecular flexibility index (Phi) is 2.83. The van der Waals surface area contributed by atoms with Crippen LogP contribution < -0.4 is 0 Å². The lowest BCUT2D eigenvalue weighted by atomic mass is 10.3. The van der Waals surface area contributed by atoms with Crippen LogP contribution in [0.2, 0.25) is 0 Å². The standard InChI is InChI=1S/C8H9NO3/c1-6(5-9)8(10)12-7-3-2-4-11-7/h7H,1-4H2. The molecule has 0 saturated carbocycles. The summed E-state index contributed by atoms with van der Waals surface area (Å²) >= 11 is 0. The van der Waals surface area contributed by atoms with Gasteiger partial charge in [-0.2, -0.15) is 5.26 Å². The van der Waals surface area contributed by atoms with E-state index in [0.717, 1.165) is 6.42 Å². The number of nitrogens with zero attached hydrogens (tertiary/aromatic N) is 1. The van der Waals surface area contributed by atoms with Gasteiger partial charge in [0.25, 0.3) is 0 Å². The van der Waals surface area contributed by atoms with Crippen molar-refractivity contribution in [1.82, 2.24) is 0 Å². The fourth-order valence-corrected chi connectivity index (χ4v) is 0.877. The monoisotopic (exact) mass is 167 g/mol. The van der Waals surface area contributed by atoms with Crippen LogP contribution in [0.25, 0.3) is 0 Å². The van der Waals surface area contributed by atoms with E-state index < -0.39 is 12.3 Å². The number of rotatable bonds is 2. The summed E-state index contributed by atoms with van der Waals surface area (Å²) in [5, 5.41) is 8.29. The van der Waals surface area contributed by atoms with E-state index in [4.69, 9.17) is 14.7 Å². The molecule has 0 spiro atoms. The zero-order valence-electron chi connectivity index (χ0n) is 6.58. The van der Waals surface area contributed by atoms with Gasteiger partial charge >= 0.3 is 5.97 Å². The Hall–Kier alpha value is -1.34. The lowest BCUT2D eigenvalue weighted by molar-refractivity contribution is -0.164. The highest BCUT2D eigenvalue weighted by Crippen LogP contribution is 2.14. The summed E-state index contributed by atoms with van der Waals surface area (Å²) in [6.07, 6.45) is 1.10. The van der Waals surface area contributed by atoms with Gasteiger partial charge in [0, 0.05) is 6.42 Å². The van der Waals surface area contributed by atoms with E-state index in [9.17, 15) is 4.79 Å². The molecule has 1 saturated heterocycles. The van der Waals surface area contributed by atoms with Gasteiger partial charge in [0.15, 0.2) is 0 Å². The van der Waals surface area contributed by atoms with Crippen LogP contribution in [-0.4, -0.2) is 18.9 Å². The molecule has 0 aromatic rings. The van der Waals surface area contributed by atoms with Crippen molar-refractivity contribution in [2.45, 2.75) is 19.1 Å². The second-order valence-electron chi connectivity index (χ2n) is 2.44. The average molecular weight is 167 g/mol. The summed E-state index contributed by atoms with van der Waals surface area (Å²) in [6, 6.07) is 1.61. The molecule has 1 aliphatic rings. The van der Waals surface area contributed by atoms with Gasteiger partial charge in [0.2, 0.25) is 6.29 Å². The van der Waals surface area contributed by atoms with Gasteiger partial charge in [-0.1, -0.05) is 6.58 Å². The molecule has 1 heterocycles. The number of hydrogen-bond acceptors (Lipinski definition) is 4. The smallest absolute Gasteiger partial charge is 0.350 e. The predicted molar refractivity (Wildman–Crippen MR) is 39.8 cm³/mol. The predicted octanol–water partition coefficient (Wildman–Crippen LogP) is 0.746. The zero-order chi connectivity index (χ0) is 8.97. The highest BCUT2D eigenvalue weighted by Gasteiger charge is 2.20. The maximum Gasteiger partial charge on any atom is 0.350 e. The summed E-state index contributed by atoms with van der Waals surface area (Å²) in [5.74, 6) is -0.690. The number of nitriles is 1. The first-order valence-electron chi connectivity index (χ1n) is 3.65. The van der Waals surface area contributed by atoms with Crippen LogP contribution in [0.3, 0.4) is 0 Å². The third-order valence-electron chi connectivity index (χ3n) is 1.51. The highest BCUT2D eigenvalue weighted by atomic mass is 16.7. The van der Waals surface area contributed by atoms with Crippen molar-refractivity contribution < 1.29 is 14.3 Å². The first kappa shape index (κ1) is 8.75. The van der Waals surface area contributed by atoms with Crippen LogP contribution in [0, 0.1) is 11.3 Å². The molecule has 1 atom stereocenters. The molecule has 0 N–H and O–H groups in total. The van der Waals surface area contributed by atoms with Crippen LogP contribution in [0.1, 0.15) is 12.8 Å². The van der Waals surface area contributed by atoms with Gasteiger partial charge in [-0.05, 0) is 6.42 Å². The second kappa shape index (κ2) is 3.88. The fraction of sp³-hybridized carbons (Fsp3) is 0.500. The summed E-state index contributed by atoms with van der Waals surface area (Å²) in [5.41, 5.74) is -0.189. The molecule has 64 valence electrons. The van der Waals surface area contributed by atoms with Crippen molar-refractivity contribution in [3.05, 3.63) is 12.2 Å². The van der Waals surface area contributed by atoms with Crippen LogP contribution in [0.15, 0.2) is 12.2 Å². The Morgan fingerprint density at radius 1 is 1.75 bits per heavy atom. The van der Waals surface area contributed by atoms with E-state index in [2.05, 4.69) is 6.58 Å². The molecular weight excluding hydrogens is 158 g/mol. The van der Waals surface area contributed by atoms with Crippen molar-refractivity contribution >= 4 is 5.97 Å². The maximum atomic E-state index is 10.9. The van der Waals surface area contributed by atoms with E-state index in [0.29, 0.717) is 13.0 Å². The normalized spacial score (nSPS) is 21.4. The van der Waals surface area contributed by atoms with Crippen molar-refractivity contribution in [3.8, 4) is 6.07 Å². The maximum absolute atomic E-state index is 10.9. The largest absolute Gasteiger partial charge is 0.432 e.